The maximum absolute atomic E-state index is 9.12. The van der Waals surface area contributed by atoms with Crippen molar-refractivity contribution in [1.82, 2.24) is 0 Å². The van der Waals surface area contributed by atoms with Crippen molar-refractivity contribution >= 4 is 19.4 Å². The maximum Gasteiger partial charge on any atom is 1.00 e. The van der Waals surface area contributed by atoms with E-state index in [1.54, 1.807) is 0 Å². The summed E-state index contributed by atoms with van der Waals surface area (Å²) in [5.74, 6) is 0. The van der Waals surface area contributed by atoms with E-state index in [1.807, 2.05) is 0 Å². The quantitative estimate of drug-likeness (QED) is 0.134. The third kappa shape index (κ3) is 35.4. The normalized spacial score (nSPS) is 13.5. The minimum absolute atomic E-state index is 0. The van der Waals surface area contributed by atoms with Gasteiger partial charge in [0, 0.05) is 5.38 Å². The van der Waals surface area contributed by atoms with Crippen LogP contribution in [0.15, 0.2) is 0 Å². The third-order valence-corrected chi connectivity index (χ3v) is 3.76. The van der Waals surface area contributed by atoms with Crippen LogP contribution in [-0.4, -0.2) is 31.3 Å². The van der Waals surface area contributed by atoms with E-state index in [2.05, 4.69) is 13.8 Å². The molecule has 0 spiro atoms. The summed E-state index contributed by atoms with van der Waals surface area (Å²) in [7, 11) is -4.64. The fourth-order valence-electron chi connectivity index (χ4n) is 2.02. The second kappa shape index (κ2) is 19.7. The van der Waals surface area contributed by atoms with Crippen LogP contribution in [0.3, 0.4) is 0 Å². The molecule has 0 rings (SSSR count). The van der Waals surface area contributed by atoms with Crippen LogP contribution in [0.2, 0.25) is 0 Å². The Kier molecular flexibility index (Phi) is 24.9. The first-order chi connectivity index (χ1) is 10.2. The van der Waals surface area contributed by atoms with Gasteiger partial charge in [-0.2, -0.15) is 0 Å². The van der Waals surface area contributed by atoms with Gasteiger partial charge in [0.05, 0.1) is 0 Å². The van der Waals surface area contributed by atoms with Gasteiger partial charge < -0.3 is 26.7 Å². The Morgan fingerprint density at radius 3 is 1.52 bits per heavy atom. The van der Waals surface area contributed by atoms with Crippen LogP contribution < -0.4 is 29.6 Å². The topological polar surface area (TPSA) is 98.0 Å². The minimum Gasteiger partial charge on any atom is -0.424 e. The molecule has 0 saturated heterocycles. The molecule has 0 heterocycles. The Morgan fingerprint density at radius 2 is 1.22 bits per heavy atom. The van der Waals surface area contributed by atoms with E-state index in [1.165, 1.54) is 57.8 Å². The van der Waals surface area contributed by atoms with Gasteiger partial charge >= 0.3 is 37.4 Å². The first-order valence-corrected chi connectivity index (χ1v) is 10.1. The van der Waals surface area contributed by atoms with Crippen molar-refractivity contribution in [3.05, 3.63) is 6.92 Å². The number of halogens is 1. The molecular formula is C15H33ClNaO5P. The molecule has 0 aliphatic heterocycles. The fraction of sp³-hybridized carbons (Fsp3) is 0.933. The summed E-state index contributed by atoms with van der Waals surface area (Å²) in [6.45, 7) is 5.78. The molecule has 8 heteroatoms. The molecule has 0 aromatic carbocycles. The first kappa shape index (κ1) is 29.1. The summed E-state index contributed by atoms with van der Waals surface area (Å²) >= 11 is 5.91. The zero-order valence-corrected chi connectivity index (χ0v) is 18.3. The number of unbranched alkanes of at least 4 members (excludes halogenated alkanes) is 9. The van der Waals surface area contributed by atoms with Crippen molar-refractivity contribution in [2.45, 2.75) is 89.0 Å². The Hall–Kier alpha value is 1.36. The molecule has 136 valence electrons. The van der Waals surface area contributed by atoms with Crippen molar-refractivity contribution in [2.24, 2.45) is 0 Å². The number of rotatable bonds is 12. The monoisotopic (exact) mass is 382 g/mol. The summed E-state index contributed by atoms with van der Waals surface area (Å²) in [5, 5.41) is 8.96. The summed E-state index contributed by atoms with van der Waals surface area (Å²) in [6, 6.07) is 0. The van der Waals surface area contributed by atoms with Gasteiger partial charge in [-0.3, -0.25) is 0 Å². The third-order valence-electron chi connectivity index (χ3n) is 3.25. The van der Waals surface area contributed by atoms with Crippen molar-refractivity contribution < 1.29 is 53.9 Å². The summed E-state index contributed by atoms with van der Waals surface area (Å²) < 4.78 is 8.88. The van der Waals surface area contributed by atoms with Gasteiger partial charge in [-0.15, -0.1) is 11.6 Å². The van der Waals surface area contributed by atoms with Crippen LogP contribution in [-0.2, 0) is 4.57 Å². The largest absolute Gasteiger partial charge is 1.00 e. The average molecular weight is 383 g/mol. The summed E-state index contributed by atoms with van der Waals surface area (Å²) in [4.78, 5) is 21.6. The predicted molar refractivity (Wildman–Crippen MR) is 91.7 cm³/mol. The van der Waals surface area contributed by atoms with Gasteiger partial charge in [-0.1, -0.05) is 77.2 Å². The van der Waals surface area contributed by atoms with E-state index in [0.29, 0.717) is 0 Å². The number of aliphatic hydroxyl groups excluding tert-OH is 1. The number of hydrogen-bond donors (Lipinski definition) is 4. The Balaban J connectivity index is -0.000000578. The van der Waals surface area contributed by atoms with E-state index >= 15 is 0 Å². The van der Waals surface area contributed by atoms with Gasteiger partial charge in [0.2, 0.25) is 0 Å². The van der Waals surface area contributed by atoms with Gasteiger partial charge in [0.1, 0.15) is 0 Å². The minimum atomic E-state index is -4.64. The van der Waals surface area contributed by atoms with E-state index in [-0.39, 0.29) is 34.9 Å². The number of aliphatic hydroxyl groups is 1. The second-order valence-electron chi connectivity index (χ2n) is 5.57. The van der Waals surface area contributed by atoms with Crippen LogP contribution in [0, 0.1) is 6.92 Å². The molecule has 2 unspecified atom stereocenters. The zero-order valence-electron chi connectivity index (χ0n) is 14.7. The van der Waals surface area contributed by atoms with E-state index in [9.17, 15) is 0 Å². The molecule has 0 radical (unpaired) electrons. The number of hydrogen-bond acceptors (Lipinski definition) is 2. The predicted octanol–water partition coefficient (Wildman–Crippen LogP) is 1.18. The molecule has 0 fully saturated rings. The molecule has 2 atom stereocenters. The van der Waals surface area contributed by atoms with E-state index in [4.69, 9.17) is 36.0 Å². The molecule has 4 N–H and O–H groups in total. The average Bonchev–Trinajstić information content (AvgIpc) is 2.38. The van der Waals surface area contributed by atoms with Crippen LogP contribution in [0.1, 0.15) is 77.6 Å². The Bertz CT molecular complexity index is 268. The molecule has 0 aromatic heterocycles. The Morgan fingerprint density at radius 1 is 0.913 bits per heavy atom. The van der Waals surface area contributed by atoms with Crippen molar-refractivity contribution in [3.63, 3.8) is 0 Å². The molecule has 23 heavy (non-hydrogen) atoms. The number of phosphoric acid groups is 1. The number of alkyl halides is 1. The second-order valence-corrected chi connectivity index (χ2v) is 7.15. The summed E-state index contributed by atoms with van der Waals surface area (Å²) in [6.07, 6.45) is 13.6. The van der Waals surface area contributed by atoms with Crippen molar-refractivity contribution in [2.75, 3.05) is 0 Å². The molecule has 5 nitrogen and oxygen atoms in total. The fourth-order valence-corrected chi connectivity index (χ4v) is 2.17. The van der Waals surface area contributed by atoms with Gasteiger partial charge in [-0.25, -0.2) is 4.57 Å². The smallest absolute Gasteiger partial charge is 0.424 e. The molecule has 0 aromatic rings. The standard InChI is InChI=1S/C15H30ClO.Na.H3O4P/c1-3-4-5-6-7-8-9-10-11-12-13-15(16)14(2)17;;1-5(2,3)4/h14-15,17H,2-13H2,1H3;;(H3,1,2,3,4)/q-1;+1;. The molecule has 0 bridgehead atoms. The van der Waals surface area contributed by atoms with Gasteiger partial charge in [-0.05, 0) is 6.42 Å². The maximum atomic E-state index is 9.12. The van der Waals surface area contributed by atoms with Gasteiger partial charge in [0.15, 0.2) is 0 Å². The van der Waals surface area contributed by atoms with Crippen LogP contribution >= 0.6 is 19.4 Å². The van der Waals surface area contributed by atoms with E-state index < -0.39 is 13.9 Å². The summed E-state index contributed by atoms with van der Waals surface area (Å²) in [5.41, 5.74) is 0. The van der Waals surface area contributed by atoms with E-state index in [0.717, 1.165) is 12.8 Å². The molecule has 0 amide bonds. The van der Waals surface area contributed by atoms with Crippen molar-refractivity contribution in [1.29, 1.82) is 0 Å². The van der Waals surface area contributed by atoms with Crippen LogP contribution in [0.5, 0.6) is 0 Å². The molecule has 0 saturated carbocycles. The molecule has 0 aliphatic rings. The SMILES string of the molecule is O=P(O)(O)O.[CH2-]C(O)C(Cl)CCCCCCCCCCCC.[Na+]. The molecule has 0 aliphatic carbocycles. The van der Waals surface area contributed by atoms with Crippen LogP contribution in [0.25, 0.3) is 0 Å². The van der Waals surface area contributed by atoms with Gasteiger partial charge in [0.25, 0.3) is 0 Å². The molecular weight excluding hydrogens is 350 g/mol. The zero-order chi connectivity index (χ0) is 17.4. The van der Waals surface area contributed by atoms with Crippen LogP contribution in [0.4, 0.5) is 0 Å². The first-order valence-electron chi connectivity index (χ1n) is 8.12. The van der Waals surface area contributed by atoms with Crippen molar-refractivity contribution in [3.8, 4) is 0 Å². The Labute approximate surface area is 168 Å².